The Morgan fingerprint density at radius 3 is 2.88 bits per heavy atom. The lowest BCUT2D eigenvalue weighted by Gasteiger charge is -2.38. The molecule has 1 N–H and O–H groups in total. The second-order valence-electron chi connectivity index (χ2n) is 6.75. The molecule has 0 saturated heterocycles. The number of carbonyl (C=O) groups is 1. The molecule has 0 unspecified atom stereocenters. The number of thiazole rings is 1. The lowest BCUT2D eigenvalue weighted by atomic mass is 9.93. The van der Waals surface area contributed by atoms with E-state index in [0.717, 1.165) is 38.8 Å². The zero-order valence-electron chi connectivity index (χ0n) is 15.4. The Kier molecular flexibility index (Phi) is 4.54. The predicted molar refractivity (Wildman–Crippen MR) is 109 cm³/mol. The molecule has 0 aromatic carbocycles. The van der Waals surface area contributed by atoms with Crippen LogP contribution >= 0.6 is 22.7 Å². The molecular formula is C19H22N4OS2. The van der Waals surface area contributed by atoms with Crippen LogP contribution in [0.1, 0.15) is 44.2 Å². The van der Waals surface area contributed by atoms with Gasteiger partial charge in [-0.3, -0.25) is 14.7 Å². The van der Waals surface area contributed by atoms with Crippen LogP contribution in [0.5, 0.6) is 0 Å². The normalized spacial score (nSPS) is 20.3. The second-order valence-corrected chi connectivity index (χ2v) is 8.84. The van der Waals surface area contributed by atoms with E-state index in [1.54, 1.807) is 42.0 Å². The first-order valence-corrected chi connectivity index (χ1v) is 10.5. The number of hydrogen-bond acceptors (Lipinski definition) is 6. The van der Waals surface area contributed by atoms with Gasteiger partial charge in [-0.15, -0.1) is 22.7 Å². The molecule has 26 heavy (non-hydrogen) atoms. The van der Waals surface area contributed by atoms with Crippen molar-refractivity contribution >= 4 is 43.8 Å². The van der Waals surface area contributed by atoms with E-state index in [2.05, 4.69) is 36.0 Å². The van der Waals surface area contributed by atoms with E-state index in [1.807, 2.05) is 6.07 Å². The van der Waals surface area contributed by atoms with Crippen LogP contribution in [0.3, 0.4) is 0 Å². The number of nitrogens with zero attached hydrogens (tertiary/aromatic N) is 3. The van der Waals surface area contributed by atoms with Crippen LogP contribution in [-0.4, -0.2) is 33.4 Å². The van der Waals surface area contributed by atoms with Crippen molar-refractivity contribution in [3.05, 3.63) is 28.9 Å². The number of fused-ring (bicyclic) bond motifs is 2. The van der Waals surface area contributed by atoms with Crippen LogP contribution in [-0.2, 0) is 11.2 Å². The monoisotopic (exact) mass is 386 g/mol. The van der Waals surface area contributed by atoms with Crippen molar-refractivity contribution in [3.8, 4) is 10.6 Å². The number of nitrogens with one attached hydrogen (secondary N) is 1. The van der Waals surface area contributed by atoms with Gasteiger partial charge in [-0.25, -0.2) is 4.98 Å². The van der Waals surface area contributed by atoms with E-state index < -0.39 is 0 Å². The lowest BCUT2D eigenvalue weighted by molar-refractivity contribution is -0.114. The molecule has 5 nitrogen and oxygen atoms in total. The number of aromatic nitrogens is 2. The van der Waals surface area contributed by atoms with Crippen LogP contribution in [0, 0.1) is 0 Å². The van der Waals surface area contributed by atoms with Gasteiger partial charge < -0.3 is 5.32 Å². The molecule has 0 bridgehead atoms. The largest absolute Gasteiger partial charge is 0.317 e. The standard InChI is InChI=1S/C19H22N4OS2/c1-5-23-10(2)8-13-16(18(21-12(4)24)26-17(13)11(23)3)19-22-14-9-20-7-6-15(14)25-19/h6-7,9-11H,5,8H2,1-4H3,(H,21,24)/t10-,11-/m0/s1. The summed E-state index contributed by atoms with van der Waals surface area (Å²) in [5, 5.41) is 4.95. The molecule has 0 saturated carbocycles. The van der Waals surface area contributed by atoms with Crippen molar-refractivity contribution in [1.82, 2.24) is 14.9 Å². The Morgan fingerprint density at radius 1 is 1.38 bits per heavy atom. The minimum Gasteiger partial charge on any atom is -0.317 e. The quantitative estimate of drug-likeness (QED) is 0.708. The molecule has 2 atom stereocenters. The van der Waals surface area contributed by atoms with Gasteiger partial charge in [-0.2, -0.15) is 0 Å². The predicted octanol–water partition coefficient (Wildman–Crippen LogP) is 4.71. The fourth-order valence-electron chi connectivity index (χ4n) is 3.91. The molecule has 1 amide bonds. The number of likely N-dealkylation sites (N-methyl/N-ethyl adjacent to an activating group) is 1. The molecule has 136 valence electrons. The van der Waals surface area contributed by atoms with Gasteiger partial charge in [0, 0.05) is 35.6 Å². The average Bonchev–Trinajstić information content (AvgIpc) is 3.15. The molecule has 4 rings (SSSR count). The minimum absolute atomic E-state index is 0.0410. The first-order valence-electron chi connectivity index (χ1n) is 8.89. The van der Waals surface area contributed by atoms with Crippen LogP contribution in [0.2, 0.25) is 0 Å². The zero-order chi connectivity index (χ0) is 18.4. The second kappa shape index (κ2) is 6.72. The van der Waals surface area contributed by atoms with E-state index in [0.29, 0.717) is 12.1 Å². The van der Waals surface area contributed by atoms with Gasteiger partial charge in [0.15, 0.2) is 0 Å². The first-order chi connectivity index (χ1) is 12.5. The Morgan fingerprint density at radius 2 is 2.19 bits per heavy atom. The number of pyridine rings is 1. The van der Waals surface area contributed by atoms with Crippen molar-refractivity contribution in [2.45, 2.75) is 46.2 Å². The smallest absolute Gasteiger partial charge is 0.221 e. The van der Waals surface area contributed by atoms with Crippen molar-refractivity contribution in [2.75, 3.05) is 11.9 Å². The van der Waals surface area contributed by atoms with E-state index in [1.165, 1.54) is 10.4 Å². The highest BCUT2D eigenvalue weighted by molar-refractivity contribution is 7.23. The van der Waals surface area contributed by atoms with E-state index in [9.17, 15) is 4.79 Å². The van der Waals surface area contributed by atoms with Gasteiger partial charge in [0.25, 0.3) is 0 Å². The molecule has 3 aromatic heterocycles. The van der Waals surface area contributed by atoms with Gasteiger partial charge in [0.05, 0.1) is 10.9 Å². The third-order valence-electron chi connectivity index (χ3n) is 5.04. The summed E-state index contributed by atoms with van der Waals surface area (Å²) in [4.78, 5) is 24.7. The zero-order valence-corrected chi connectivity index (χ0v) is 17.0. The Bertz CT molecular complexity index is 944. The minimum atomic E-state index is -0.0410. The van der Waals surface area contributed by atoms with Gasteiger partial charge in [-0.1, -0.05) is 6.92 Å². The third kappa shape index (κ3) is 2.84. The Hall–Kier alpha value is -1.83. The van der Waals surface area contributed by atoms with Gasteiger partial charge in [0.1, 0.15) is 15.5 Å². The molecule has 1 aliphatic rings. The topological polar surface area (TPSA) is 58.1 Å². The number of amides is 1. The summed E-state index contributed by atoms with van der Waals surface area (Å²) in [6, 6.07) is 2.82. The Balaban J connectivity index is 1.91. The number of hydrogen-bond donors (Lipinski definition) is 1. The van der Waals surface area contributed by atoms with Crippen molar-refractivity contribution in [2.24, 2.45) is 0 Å². The summed E-state index contributed by atoms with van der Waals surface area (Å²) in [6.45, 7) is 9.34. The van der Waals surface area contributed by atoms with E-state index >= 15 is 0 Å². The van der Waals surface area contributed by atoms with E-state index in [-0.39, 0.29) is 5.91 Å². The summed E-state index contributed by atoms with van der Waals surface area (Å²) in [7, 11) is 0. The lowest BCUT2D eigenvalue weighted by Crippen LogP contribution is -2.40. The number of carbonyl (C=O) groups excluding carboxylic acids is 1. The summed E-state index contributed by atoms with van der Waals surface area (Å²) in [5.74, 6) is -0.0410. The summed E-state index contributed by atoms with van der Waals surface area (Å²) >= 11 is 3.37. The Labute approximate surface area is 161 Å². The fraction of sp³-hybridized carbons (Fsp3) is 0.421. The molecule has 0 radical (unpaired) electrons. The molecule has 0 aliphatic carbocycles. The van der Waals surface area contributed by atoms with Crippen molar-refractivity contribution in [1.29, 1.82) is 0 Å². The number of anilines is 1. The average molecular weight is 387 g/mol. The maximum absolute atomic E-state index is 11.8. The van der Waals surface area contributed by atoms with Crippen molar-refractivity contribution in [3.63, 3.8) is 0 Å². The van der Waals surface area contributed by atoms with E-state index in [4.69, 9.17) is 4.98 Å². The molecule has 0 spiro atoms. The maximum Gasteiger partial charge on any atom is 0.221 e. The molecule has 0 fully saturated rings. The fourth-order valence-corrected chi connectivity index (χ4v) is 6.34. The first kappa shape index (κ1) is 17.6. The third-order valence-corrected chi connectivity index (χ3v) is 7.41. The summed E-state index contributed by atoms with van der Waals surface area (Å²) in [6.07, 6.45) is 4.58. The van der Waals surface area contributed by atoms with Crippen LogP contribution in [0.15, 0.2) is 18.5 Å². The SMILES string of the molecule is CCN1[C@@H](C)Cc2c(sc(NC(C)=O)c2-c2nc3cnccc3s2)[C@@H]1C. The molecule has 4 heterocycles. The molecule has 1 aliphatic heterocycles. The maximum atomic E-state index is 11.8. The summed E-state index contributed by atoms with van der Waals surface area (Å²) < 4.78 is 1.12. The number of thiophene rings is 1. The van der Waals surface area contributed by atoms with Gasteiger partial charge >= 0.3 is 0 Å². The van der Waals surface area contributed by atoms with Crippen molar-refractivity contribution < 1.29 is 4.79 Å². The highest BCUT2D eigenvalue weighted by atomic mass is 32.1. The molecule has 3 aromatic rings. The summed E-state index contributed by atoms with van der Waals surface area (Å²) in [5.41, 5.74) is 3.36. The highest BCUT2D eigenvalue weighted by Gasteiger charge is 2.34. The van der Waals surface area contributed by atoms with Crippen LogP contribution in [0.25, 0.3) is 20.8 Å². The number of rotatable bonds is 3. The van der Waals surface area contributed by atoms with Gasteiger partial charge in [-0.05, 0) is 38.4 Å². The highest BCUT2D eigenvalue weighted by Crippen LogP contribution is 2.49. The molecule has 7 heteroatoms. The molecular weight excluding hydrogens is 364 g/mol. The van der Waals surface area contributed by atoms with Crippen LogP contribution < -0.4 is 5.32 Å². The van der Waals surface area contributed by atoms with Gasteiger partial charge in [0.2, 0.25) is 5.91 Å². The van der Waals surface area contributed by atoms with Crippen LogP contribution in [0.4, 0.5) is 5.00 Å².